The summed E-state index contributed by atoms with van der Waals surface area (Å²) in [6.45, 7) is 8.28. The highest BCUT2D eigenvalue weighted by atomic mass is 16.1. The Labute approximate surface area is 81.2 Å². The molecule has 0 amide bonds. The molecular weight excluding hydrogens is 160 g/mol. The lowest BCUT2D eigenvalue weighted by atomic mass is 9.72. The first-order valence-electron chi connectivity index (χ1n) is 5.27. The van der Waals surface area contributed by atoms with Gasteiger partial charge in [-0.25, -0.2) is 0 Å². The molecule has 1 saturated carbocycles. The lowest BCUT2D eigenvalue weighted by Gasteiger charge is -2.33. The molecule has 1 nitrogen and oxygen atoms in total. The molecule has 1 heteroatoms. The highest BCUT2D eigenvalue weighted by molar-refractivity contribution is 5.79. The van der Waals surface area contributed by atoms with E-state index in [2.05, 4.69) is 20.4 Å². The van der Waals surface area contributed by atoms with Crippen LogP contribution in [0.25, 0.3) is 0 Å². The third kappa shape index (κ3) is 2.68. The van der Waals surface area contributed by atoms with Crippen LogP contribution in [-0.2, 0) is 4.79 Å². The third-order valence-corrected chi connectivity index (χ3v) is 3.18. The molecule has 0 N–H and O–H groups in total. The van der Waals surface area contributed by atoms with Gasteiger partial charge in [-0.1, -0.05) is 19.9 Å². The first kappa shape index (κ1) is 10.5. The standard InChI is InChI=1S/C12H20O/c1-4-5-10-8-11(13)6-7-12(10)9(2)3/h4,9-10,12H,1,5-8H2,2-3H3. The van der Waals surface area contributed by atoms with Crippen LogP contribution in [0.2, 0.25) is 0 Å². The molecule has 1 aliphatic rings. The fourth-order valence-electron chi connectivity index (χ4n) is 2.46. The molecule has 0 heterocycles. The van der Waals surface area contributed by atoms with Crippen LogP contribution in [0.4, 0.5) is 0 Å². The molecule has 0 aliphatic heterocycles. The van der Waals surface area contributed by atoms with Gasteiger partial charge in [0.15, 0.2) is 0 Å². The summed E-state index contributed by atoms with van der Waals surface area (Å²) in [5.41, 5.74) is 0. The zero-order chi connectivity index (χ0) is 9.84. The SMILES string of the molecule is C=CCC1CC(=O)CCC1C(C)C. The van der Waals surface area contributed by atoms with Crippen molar-refractivity contribution in [2.24, 2.45) is 17.8 Å². The first-order valence-corrected chi connectivity index (χ1v) is 5.27. The summed E-state index contributed by atoms with van der Waals surface area (Å²) in [6, 6.07) is 0. The molecule has 2 unspecified atom stereocenters. The van der Waals surface area contributed by atoms with Gasteiger partial charge in [-0.3, -0.25) is 4.79 Å². The van der Waals surface area contributed by atoms with Crippen molar-refractivity contribution in [3.05, 3.63) is 12.7 Å². The molecular formula is C12H20O. The van der Waals surface area contributed by atoms with Crippen LogP contribution in [0.15, 0.2) is 12.7 Å². The molecule has 0 aromatic carbocycles. The van der Waals surface area contributed by atoms with Crippen LogP contribution in [0.3, 0.4) is 0 Å². The van der Waals surface area contributed by atoms with Crippen molar-refractivity contribution >= 4 is 5.78 Å². The van der Waals surface area contributed by atoms with Crippen LogP contribution >= 0.6 is 0 Å². The van der Waals surface area contributed by atoms with Gasteiger partial charge in [0.2, 0.25) is 0 Å². The van der Waals surface area contributed by atoms with E-state index >= 15 is 0 Å². The summed E-state index contributed by atoms with van der Waals surface area (Å²) in [4.78, 5) is 11.3. The maximum absolute atomic E-state index is 11.3. The second-order valence-electron chi connectivity index (χ2n) is 4.47. The van der Waals surface area contributed by atoms with Gasteiger partial charge in [-0.2, -0.15) is 0 Å². The number of hydrogen-bond donors (Lipinski definition) is 0. The van der Waals surface area contributed by atoms with Crippen LogP contribution in [0.1, 0.15) is 39.5 Å². The fraction of sp³-hybridized carbons (Fsp3) is 0.750. The van der Waals surface area contributed by atoms with Gasteiger partial charge in [0.1, 0.15) is 5.78 Å². The predicted molar refractivity (Wildman–Crippen MR) is 55.5 cm³/mol. The van der Waals surface area contributed by atoms with Crippen molar-refractivity contribution < 1.29 is 4.79 Å². The largest absolute Gasteiger partial charge is 0.300 e. The molecule has 1 fully saturated rings. The Balaban J connectivity index is 2.59. The maximum atomic E-state index is 11.3. The smallest absolute Gasteiger partial charge is 0.133 e. The van der Waals surface area contributed by atoms with E-state index in [1.54, 1.807) is 0 Å². The van der Waals surface area contributed by atoms with Crippen LogP contribution in [0, 0.1) is 17.8 Å². The van der Waals surface area contributed by atoms with Gasteiger partial charge in [0.25, 0.3) is 0 Å². The minimum absolute atomic E-state index is 0.448. The number of Topliss-reactive ketones (excluding diaryl/α,β-unsaturated/α-hetero) is 1. The Morgan fingerprint density at radius 2 is 2.31 bits per heavy atom. The minimum atomic E-state index is 0.448. The van der Waals surface area contributed by atoms with Crippen molar-refractivity contribution in [1.29, 1.82) is 0 Å². The molecule has 0 saturated heterocycles. The fourth-order valence-corrected chi connectivity index (χ4v) is 2.46. The van der Waals surface area contributed by atoms with Gasteiger partial charge in [0.05, 0.1) is 0 Å². The number of hydrogen-bond acceptors (Lipinski definition) is 1. The van der Waals surface area contributed by atoms with Crippen LogP contribution < -0.4 is 0 Å². The lowest BCUT2D eigenvalue weighted by molar-refractivity contribution is -0.123. The second-order valence-corrected chi connectivity index (χ2v) is 4.47. The Hall–Kier alpha value is -0.590. The van der Waals surface area contributed by atoms with E-state index in [1.807, 2.05) is 6.08 Å². The number of carbonyl (C=O) groups excluding carboxylic acids is 1. The summed E-state index contributed by atoms with van der Waals surface area (Å²) in [6.07, 6.45) is 5.65. The van der Waals surface area contributed by atoms with Crippen LogP contribution in [-0.4, -0.2) is 5.78 Å². The molecule has 13 heavy (non-hydrogen) atoms. The summed E-state index contributed by atoms with van der Waals surface area (Å²) in [5.74, 6) is 2.45. The van der Waals surface area contributed by atoms with Gasteiger partial charge >= 0.3 is 0 Å². The summed E-state index contributed by atoms with van der Waals surface area (Å²) < 4.78 is 0. The van der Waals surface area contributed by atoms with E-state index in [-0.39, 0.29) is 0 Å². The topological polar surface area (TPSA) is 17.1 Å². The molecule has 0 spiro atoms. The van der Waals surface area contributed by atoms with Crippen molar-refractivity contribution in [1.82, 2.24) is 0 Å². The number of rotatable bonds is 3. The number of carbonyl (C=O) groups is 1. The first-order chi connectivity index (χ1) is 6.15. The number of allylic oxidation sites excluding steroid dienone is 1. The highest BCUT2D eigenvalue weighted by Crippen LogP contribution is 2.35. The average Bonchev–Trinajstić information content (AvgIpc) is 2.04. The summed E-state index contributed by atoms with van der Waals surface area (Å²) >= 11 is 0. The molecule has 74 valence electrons. The van der Waals surface area contributed by atoms with Crippen molar-refractivity contribution in [2.75, 3.05) is 0 Å². The van der Waals surface area contributed by atoms with E-state index in [1.165, 1.54) is 0 Å². The van der Waals surface area contributed by atoms with E-state index in [0.717, 1.165) is 31.6 Å². The van der Waals surface area contributed by atoms with E-state index < -0.39 is 0 Å². The highest BCUT2D eigenvalue weighted by Gasteiger charge is 2.29. The van der Waals surface area contributed by atoms with E-state index in [0.29, 0.717) is 17.6 Å². The van der Waals surface area contributed by atoms with Crippen LogP contribution in [0.5, 0.6) is 0 Å². The Kier molecular flexibility index (Phi) is 3.71. The molecule has 0 aromatic rings. The molecule has 1 rings (SSSR count). The average molecular weight is 180 g/mol. The summed E-state index contributed by atoms with van der Waals surface area (Å²) in [5, 5.41) is 0. The molecule has 1 aliphatic carbocycles. The van der Waals surface area contributed by atoms with Gasteiger partial charge in [-0.15, -0.1) is 6.58 Å². The van der Waals surface area contributed by atoms with Crippen molar-refractivity contribution in [3.63, 3.8) is 0 Å². The second kappa shape index (κ2) is 4.59. The monoisotopic (exact) mass is 180 g/mol. The van der Waals surface area contributed by atoms with Crippen molar-refractivity contribution in [3.8, 4) is 0 Å². The van der Waals surface area contributed by atoms with Crippen molar-refractivity contribution in [2.45, 2.75) is 39.5 Å². The van der Waals surface area contributed by atoms with Gasteiger partial charge in [0, 0.05) is 12.8 Å². The Morgan fingerprint density at radius 3 is 2.85 bits per heavy atom. The van der Waals surface area contributed by atoms with Gasteiger partial charge in [-0.05, 0) is 30.6 Å². The summed E-state index contributed by atoms with van der Waals surface area (Å²) in [7, 11) is 0. The molecule has 2 atom stereocenters. The number of ketones is 1. The van der Waals surface area contributed by atoms with E-state index in [4.69, 9.17) is 0 Å². The lowest BCUT2D eigenvalue weighted by Crippen LogP contribution is -2.28. The molecule has 0 aromatic heterocycles. The van der Waals surface area contributed by atoms with E-state index in [9.17, 15) is 4.79 Å². The zero-order valence-corrected chi connectivity index (χ0v) is 8.75. The third-order valence-electron chi connectivity index (χ3n) is 3.18. The molecule has 0 bridgehead atoms. The predicted octanol–water partition coefficient (Wildman–Crippen LogP) is 3.20. The normalized spacial score (nSPS) is 29.3. The maximum Gasteiger partial charge on any atom is 0.133 e. The van der Waals surface area contributed by atoms with Gasteiger partial charge < -0.3 is 0 Å². The quantitative estimate of drug-likeness (QED) is 0.609. The zero-order valence-electron chi connectivity index (χ0n) is 8.75. The minimum Gasteiger partial charge on any atom is -0.300 e. The Morgan fingerprint density at radius 1 is 1.62 bits per heavy atom. The Bertz CT molecular complexity index is 193. The molecule has 0 radical (unpaired) electrons.